The molecular weight excluding hydrogens is 386 g/mol. The lowest BCUT2D eigenvalue weighted by molar-refractivity contribution is 0.388. The second kappa shape index (κ2) is 5.99. The lowest BCUT2D eigenvalue weighted by Gasteiger charge is -2.26. The van der Waals surface area contributed by atoms with Gasteiger partial charge in [0, 0.05) is 23.1 Å². The summed E-state index contributed by atoms with van der Waals surface area (Å²) >= 11 is 11.8. The third kappa shape index (κ3) is 2.83. The number of aromatic amines is 1. The van der Waals surface area contributed by atoms with Crippen molar-refractivity contribution >= 4 is 44.1 Å². The quantitative estimate of drug-likeness (QED) is 0.696. The maximum atomic E-state index is 13.5. The number of hydrogen-bond donors (Lipinski definition) is 1. The average molecular weight is 399 g/mol. The van der Waals surface area contributed by atoms with Gasteiger partial charge in [0.2, 0.25) is 10.0 Å². The smallest absolute Gasteiger partial charge is 0.243 e. The fraction of sp³-hybridized carbons (Fsp3) is 0.176. The van der Waals surface area contributed by atoms with Crippen LogP contribution in [0.3, 0.4) is 0 Å². The monoisotopic (exact) mass is 398 g/mol. The Labute approximate surface area is 154 Å². The van der Waals surface area contributed by atoms with Crippen molar-refractivity contribution in [2.45, 2.75) is 17.9 Å². The van der Waals surface area contributed by atoms with E-state index in [2.05, 4.69) is 4.98 Å². The molecule has 8 heteroatoms. The van der Waals surface area contributed by atoms with E-state index in [1.807, 2.05) is 0 Å². The molecule has 1 N–H and O–H groups in total. The third-order valence-electron chi connectivity index (χ3n) is 4.43. The number of aromatic nitrogens is 1. The van der Waals surface area contributed by atoms with Gasteiger partial charge in [-0.1, -0.05) is 23.2 Å². The van der Waals surface area contributed by atoms with Crippen LogP contribution in [-0.4, -0.2) is 24.3 Å². The third-order valence-corrected chi connectivity index (χ3v) is 7.01. The Bertz CT molecular complexity index is 1100. The van der Waals surface area contributed by atoms with Crippen molar-refractivity contribution in [3.63, 3.8) is 0 Å². The van der Waals surface area contributed by atoms with Crippen LogP contribution in [0.1, 0.15) is 11.3 Å². The summed E-state index contributed by atoms with van der Waals surface area (Å²) in [6.45, 7) is 0.521. The number of sulfonamides is 1. The molecule has 0 saturated carbocycles. The van der Waals surface area contributed by atoms with Crippen LogP contribution in [0.25, 0.3) is 10.9 Å². The minimum atomic E-state index is -3.69. The van der Waals surface area contributed by atoms with E-state index in [4.69, 9.17) is 23.2 Å². The fourth-order valence-electron chi connectivity index (χ4n) is 3.18. The van der Waals surface area contributed by atoms with E-state index in [-0.39, 0.29) is 22.3 Å². The number of benzene rings is 2. The van der Waals surface area contributed by atoms with Gasteiger partial charge in [-0.25, -0.2) is 12.8 Å². The molecule has 0 fully saturated rings. The molecule has 1 aromatic heterocycles. The van der Waals surface area contributed by atoms with Gasteiger partial charge in [-0.2, -0.15) is 4.31 Å². The summed E-state index contributed by atoms with van der Waals surface area (Å²) in [5.41, 5.74) is 2.56. The Morgan fingerprint density at radius 2 is 1.88 bits per heavy atom. The first-order valence-corrected chi connectivity index (χ1v) is 9.80. The first-order chi connectivity index (χ1) is 11.9. The summed E-state index contributed by atoms with van der Waals surface area (Å²) in [4.78, 5) is 3.30. The van der Waals surface area contributed by atoms with Crippen molar-refractivity contribution in [2.24, 2.45) is 0 Å². The number of halogens is 3. The molecule has 0 spiro atoms. The summed E-state index contributed by atoms with van der Waals surface area (Å²) in [6.07, 6.45) is 0.513. The van der Waals surface area contributed by atoms with Gasteiger partial charge in [-0.3, -0.25) is 0 Å². The molecule has 130 valence electrons. The minimum absolute atomic E-state index is 0.104. The van der Waals surface area contributed by atoms with Crippen LogP contribution in [0.2, 0.25) is 10.0 Å². The SMILES string of the molecule is O=S(=O)(c1ccc(Cl)c(Cl)c1)N1CCc2c([nH]c3ccc(F)cc23)C1. The molecule has 0 unspecified atom stereocenters. The summed E-state index contributed by atoms with van der Waals surface area (Å²) in [6, 6.07) is 8.80. The van der Waals surface area contributed by atoms with Gasteiger partial charge in [0.15, 0.2) is 0 Å². The summed E-state index contributed by atoms with van der Waals surface area (Å²) in [7, 11) is -3.69. The molecule has 0 amide bonds. The standard InChI is InChI=1S/C17H13Cl2FN2O2S/c18-14-3-2-11(8-15(14)19)25(23,24)22-6-5-12-13-7-10(20)1-4-16(13)21-17(12)9-22/h1-4,7-8,21H,5-6,9H2. The molecule has 0 saturated heterocycles. The molecule has 0 atom stereocenters. The molecule has 4 rings (SSSR count). The van der Waals surface area contributed by atoms with Gasteiger partial charge in [0.1, 0.15) is 5.82 Å². The number of rotatable bonds is 2. The highest BCUT2D eigenvalue weighted by Crippen LogP contribution is 2.32. The Kier molecular flexibility index (Phi) is 4.03. The van der Waals surface area contributed by atoms with E-state index < -0.39 is 10.0 Å². The zero-order valence-corrected chi connectivity index (χ0v) is 15.2. The number of fused-ring (bicyclic) bond motifs is 3. The highest BCUT2D eigenvalue weighted by Gasteiger charge is 2.30. The summed E-state index contributed by atoms with van der Waals surface area (Å²) in [5, 5.41) is 1.31. The van der Waals surface area contributed by atoms with E-state index in [0.29, 0.717) is 18.0 Å². The molecule has 4 nitrogen and oxygen atoms in total. The van der Waals surface area contributed by atoms with Crippen LogP contribution >= 0.6 is 23.2 Å². The van der Waals surface area contributed by atoms with Crippen LogP contribution in [-0.2, 0) is 23.0 Å². The number of nitrogens with zero attached hydrogens (tertiary/aromatic N) is 1. The highest BCUT2D eigenvalue weighted by molar-refractivity contribution is 7.89. The normalized spacial score (nSPS) is 15.5. The van der Waals surface area contributed by atoms with Crippen molar-refractivity contribution in [3.05, 3.63) is 63.5 Å². The predicted molar refractivity (Wildman–Crippen MR) is 96.0 cm³/mol. The minimum Gasteiger partial charge on any atom is -0.357 e. The van der Waals surface area contributed by atoms with Crippen LogP contribution < -0.4 is 0 Å². The zero-order valence-electron chi connectivity index (χ0n) is 12.9. The molecule has 3 aromatic rings. The Balaban J connectivity index is 1.72. The fourth-order valence-corrected chi connectivity index (χ4v) is 4.98. The van der Waals surface area contributed by atoms with E-state index in [9.17, 15) is 12.8 Å². The van der Waals surface area contributed by atoms with Crippen LogP contribution in [0.15, 0.2) is 41.3 Å². The average Bonchev–Trinajstić information content (AvgIpc) is 2.94. The highest BCUT2D eigenvalue weighted by atomic mass is 35.5. The Morgan fingerprint density at radius 1 is 1.08 bits per heavy atom. The van der Waals surface area contributed by atoms with Gasteiger partial charge in [-0.05, 0) is 48.4 Å². The van der Waals surface area contributed by atoms with Crippen molar-refractivity contribution < 1.29 is 12.8 Å². The predicted octanol–water partition coefficient (Wildman–Crippen LogP) is 4.36. The molecule has 2 heterocycles. The largest absolute Gasteiger partial charge is 0.357 e. The van der Waals surface area contributed by atoms with Crippen LogP contribution in [0.4, 0.5) is 4.39 Å². The maximum Gasteiger partial charge on any atom is 0.243 e. The Hall–Kier alpha value is -1.60. The number of nitrogens with one attached hydrogen (secondary N) is 1. The maximum absolute atomic E-state index is 13.5. The van der Waals surface area contributed by atoms with Crippen molar-refractivity contribution in [2.75, 3.05) is 6.54 Å². The molecule has 2 aromatic carbocycles. The lowest BCUT2D eigenvalue weighted by atomic mass is 10.0. The van der Waals surface area contributed by atoms with Gasteiger partial charge in [-0.15, -0.1) is 0 Å². The first-order valence-electron chi connectivity index (χ1n) is 7.60. The van der Waals surface area contributed by atoms with Gasteiger partial charge in [0.05, 0.1) is 21.5 Å². The van der Waals surface area contributed by atoms with Gasteiger partial charge in [0.25, 0.3) is 0 Å². The molecule has 0 aliphatic carbocycles. The number of hydrogen-bond acceptors (Lipinski definition) is 2. The van der Waals surface area contributed by atoms with Gasteiger partial charge < -0.3 is 4.98 Å². The van der Waals surface area contributed by atoms with Crippen LogP contribution in [0, 0.1) is 5.82 Å². The van der Waals surface area contributed by atoms with E-state index in [1.165, 1.54) is 34.6 Å². The summed E-state index contributed by atoms with van der Waals surface area (Å²) in [5.74, 6) is -0.305. The van der Waals surface area contributed by atoms with Crippen LogP contribution in [0.5, 0.6) is 0 Å². The van der Waals surface area contributed by atoms with Crippen molar-refractivity contribution in [1.29, 1.82) is 0 Å². The number of H-pyrrole nitrogens is 1. The second-order valence-corrected chi connectivity index (χ2v) is 8.69. The molecule has 1 aliphatic rings. The van der Waals surface area contributed by atoms with Crippen molar-refractivity contribution in [1.82, 2.24) is 9.29 Å². The topological polar surface area (TPSA) is 53.2 Å². The second-order valence-electron chi connectivity index (χ2n) is 5.94. The van der Waals surface area contributed by atoms with E-state index in [1.54, 1.807) is 6.07 Å². The lowest BCUT2D eigenvalue weighted by Crippen LogP contribution is -2.35. The molecule has 1 aliphatic heterocycles. The zero-order chi connectivity index (χ0) is 17.8. The van der Waals surface area contributed by atoms with Crippen molar-refractivity contribution in [3.8, 4) is 0 Å². The first kappa shape index (κ1) is 16.8. The van der Waals surface area contributed by atoms with E-state index >= 15 is 0 Å². The molecule has 0 radical (unpaired) electrons. The molecule has 0 bridgehead atoms. The van der Waals surface area contributed by atoms with Gasteiger partial charge >= 0.3 is 0 Å². The Morgan fingerprint density at radius 3 is 2.64 bits per heavy atom. The summed E-state index contributed by atoms with van der Waals surface area (Å²) < 4.78 is 40.6. The molecule has 25 heavy (non-hydrogen) atoms. The van der Waals surface area contributed by atoms with E-state index in [0.717, 1.165) is 22.2 Å². The molecular formula is C17H13Cl2FN2O2S.